The summed E-state index contributed by atoms with van der Waals surface area (Å²) in [5.41, 5.74) is 1.23. The van der Waals surface area contributed by atoms with Crippen molar-refractivity contribution >= 4 is 21.7 Å². The van der Waals surface area contributed by atoms with E-state index in [0.717, 1.165) is 0 Å². The fraction of sp³-hybridized carbons (Fsp3) is 0.0588. The summed E-state index contributed by atoms with van der Waals surface area (Å²) in [5, 5.41) is 3.80. The molecule has 1 nitrogen and oxygen atoms in total. The Balaban J connectivity index is 2.67. The number of para-hydroxylation sites is 1. The van der Waals surface area contributed by atoms with Gasteiger partial charge in [0.15, 0.2) is 0 Å². The zero-order valence-corrected chi connectivity index (χ0v) is 10.4. The van der Waals surface area contributed by atoms with E-state index in [1.54, 1.807) is 0 Å². The molecule has 0 unspecified atom stereocenters. The first kappa shape index (κ1) is 10.8. The van der Waals surface area contributed by atoms with Crippen molar-refractivity contribution in [2.45, 2.75) is 0 Å². The number of benzene rings is 2. The maximum atomic E-state index is 2.18. The van der Waals surface area contributed by atoms with Gasteiger partial charge in [0.1, 0.15) is 0 Å². The summed E-state index contributed by atoms with van der Waals surface area (Å²) >= 11 is 0. The molecular weight excluding hydrogens is 218 g/mol. The van der Waals surface area contributed by atoms with E-state index in [-0.39, 0.29) is 0 Å². The normalized spacial score (nSPS) is 10.5. The minimum atomic E-state index is 1.23. The number of aryl methyl sites for hydroxylation is 1. The maximum absolute atomic E-state index is 2.18. The Kier molecular flexibility index (Phi) is 2.73. The van der Waals surface area contributed by atoms with Gasteiger partial charge in [0.2, 0.25) is 0 Å². The van der Waals surface area contributed by atoms with Crippen LogP contribution in [0.3, 0.4) is 0 Å². The van der Waals surface area contributed by atoms with Crippen LogP contribution in [-0.2, 0) is 7.05 Å². The van der Waals surface area contributed by atoms with E-state index >= 15 is 0 Å². The number of hydrogen-bond donors (Lipinski definition) is 0. The largest absolute Gasteiger partial charge is 0.351 e. The highest BCUT2D eigenvalue weighted by Crippen LogP contribution is 2.21. The lowest BCUT2D eigenvalue weighted by Crippen LogP contribution is -1.87. The minimum absolute atomic E-state index is 1.23. The molecule has 1 heteroatoms. The first-order valence-electron chi connectivity index (χ1n) is 6.12. The predicted molar refractivity (Wildman–Crippen MR) is 78.1 cm³/mol. The van der Waals surface area contributed by atoms with E-state index in [4.69, 9.17) is 0 Å². The lowest BCUT2D eigenvalue weighted by molar-refractivity contribution is 0.958. The quantitative estimate of drug-likeness (QED) is 0.540. The Hall–Kier alpha value is -2.28. The molecule has 88 valence electrons. The number of aromatic nitrogens is 1. The van der Waals surface area contributed by atoms with Crippen LogP contribution < -0.4 is 0 Å². The van der Waals surface area contributed by atoms with Crippen LogP contribution >= 0.6 is 0 Å². The lowest BCUT2D eigenvalue weighted by atomic mass is 10.1. The van der Waals surface area contributed by atoms with Crippen molar-refractivity contribution in [3.63, 3.8) is 0 Å². The van der Waals surface area contributed by atoms with Gasteiger partial charge in [0, 0.05) is 24.1 Å². The summed E-state index contributed by atoms with van der Waals surface area (Å²) in [5.74, 6) is 0. The van der Waals surface area contributed by atoms with Crippen LogP contribution in [0.5, 0.6) is 0 Å². The van der Waals surface area contributed by atoms with E-state index in [1.165, 1.54) is 21.7 Å². The van der Waals surface area contributed by atoms with Crippen molar-refractivity contribution in [1.29, 1.82) is 0 Å². The molecule has 0 aliphatic heterocycles. The molecule has 1 heterocycles. The molecule has 0 atom stereocenters. The van der Waals surface area contributed by atoms with Gasteiger partial charge in [0.05, 0.1) is 0 Å². The van der Waals surface area contributed by atoms with Crippen LogP contribution in [0.4, 0.5) is 0 Å². The Morgan fingerprint density at radius 3 is 2.11 bits per heavy atom. The summed E-state index contributed by atoms with van der Waals surface area (Å²) in [6.07, 6.45) is 2.08. The highest BCUT2D eigenvalue weighted by molar-refractivity contribution is 6.03. The molecule has 0 bridgehead atoms. The molecule has 0 saturated heterocycles. The van der Waals surface area contributed by atoms with E-state index in [1.807, 2.05) is 0 Å². The molecule has 0 aliphatic rings. The van der Waals surface area contributed by atoms with Crippen molar-refractivity contribution in [2.75, 3.05) is 0 Å². The van der Waals surface area contributed by atoms with Gasteiger partial charge in [-0.15, -0.1) is 0 Å². The highest BCUT2D eigenvalue weighted by atomic mass is 14.9. The lowest BCUT2D eigenvalue weighted by Gasteiger charge is -2.03. The molecule has 0 spiro atoms. The van der Waals surface area contributed by atoms with E-state index < -0.39 is 0 Å². The van der Waals surface area contributed by atoms with E-state index in [9.17, 15) is 0 Å². The summed E-state index contributed by atoms with van der Waals surface area (Å²) in [7, 11) is 2.08. The SMILES string of the molecule is Cn1ccccc2ccccc2c2ccccc21. The fourth-order valence-electron chi connectivity index (χ4n) is 2.31. The predicted octanol–water partition coefficient (Wildman–Crippen LogP) is 4.46. The molecule has 3 rings (SSSR count). The van der Waals surface area contributed by atoms with E-state index in [2.05, 4.69) is 84.5 Å². The molecule has 0 N–H and O–H groups in total. The summed E-state index contributed by atoms with van der Waals surface area (Å²) in [6.45, 7) is 0. The van der Waals surface area contributed by atoms with Gasteiger partial charge in [-0.3, -0.25) is 0 Å². The number of rotatable bonds is 0. The van der Waals surface area contributed by atoms with Crippen molar-refractivity contribution in [2.24, 2.45) is 7.05 Å². The Morgan fingerprint density at radius 1 is 0.667 bits per heavy atom. The van der Waals surface area contributed by atoms with Gasteiger partial charge >= 0.3 is 0 Å². The number of nitrogens with zero attached hydrogens (tertiary/aromatic N) is 1. The van der Waals surface area contributed by atoms with Crippen LogP contribution in [0.2, 0.25) is 0 Å². The van der Waals surface area contributed by atoms with Gasteiger partial charge in [-0.05, 0) is 22.9 Å². The summed E-state index contributed by atoms with van der Waals surface area (Å²) < 4.78 is 2.15. The minimum Gasteiger partial charge on any atom is -0.351 e. The first-order chi connectivity index (χ1) is 8.86. The Bertz CT molecular complexity index is 752. The van der Waals surface area contributed by atoms with Crippen LogP contribution in [0.25, 0.3) is 21.7 Å². The molecule has 0 fully saturated rings. The zero-order chi connectivity index (χ0) is 12.4. The third-order valence-corrected chi connectivity index (χ3v) is 3.23. The topological polar surface area (TPSA) is 4.93 Å². The molecule has 0 radical (unpaired) electrons. The van der Waals surface area contributed by atoms with E-state index in [0.29, 0.717) is 0 Å². The molecule has 0 aliphatic carbocycles. The summed E-state index contributed by atoms with van der Waals surface area (Å²) in [6, 6.07) is 23.3. The second-order valence-electron chi connectivity index (χ2n) is 4.42. The van der Waals surface area contributed by atoms with Crippen molar-refractivity contribution in [1.82, 2.24) is 4.57 Å². The standard InChI is InChI=1S/C17H15N/c1-18-13-7-6-9-14-8-2-3-10-15(14)16-11-4-5-12-17(16)18/h2-13H,1H3. The fourth-order valence-corrected chi connectivity index (χ4v) is 2.31. The average Bonchev–Trinajstić information content (AvgIpc) is 2.49. The smallest absolute Gasteiger partial charge is 0.0483 e. The molecule has 3 aromatic rings. The Morgan fingerprint density at radius 2 is 1.28 bits per heavy atom. The molecule has 18 heavy (non-hydrogen) atoms. The Labute approximate surface area is 107 Å². The maximum Gasteiger partial charge on any atom is 0.0483 e. The molecule has 0 saturated carbocycles. The zero-order valence-electron chi connectivity index (χ0n) is 10.4. The van der Waals surface area contributed by atoms with Gasteiger partial charge in [-0.1, -0.05) is 54.6 Å². The molecule has 2 aromatic carbocycles. The molecular formula is C17H15N. The second kappa shape index (κ2) is 4.53. The van der Waals surface area contributed by atoms with Crippen molar-refractivity contribution < 1.29 is 0 Å². The molecule has 1 aromatic heterocycles. The number of hydrogen-bond acceptors (Lipinski definition) is 0. The molecule has 0 amide bonds. The van der Waals surface area contributed by atoms with Gasteiger partial charge in [0.25, 0.3) is 0 Å². The van der Waals surface area contributed by atoms with Crippen LogP contribution in [-0.4, -0.2) is 4.57 Å². The van der Waals surface area contributed by atoms with Crippen LogP contribution in [0.1, 0.15) is 0 Å². The van der Waals surface area contributed by atoms with Gasteiger partial charge in [-0.25, -0.2) is 0 Å². The van der Waals surface area contributed by atoms with Crippen molar-refractivity contribution in [3.8, 4) is 0 Å². The van der Waals surface area contributed by atoms with Crippen LogP contribution in [0.15, 0.2) is 72.9 Å². The van der Waals surface area contributed by atoms with Gasteiger partial charge < -0.3 is 4.57 Å². The monoisotopic (exact) mass is 233 g/mol. The third kappa shape index (κ3) is 1.84. The second-order valence-corrected chi connectivity index (χ2v) is 4.42. The van der Waals surface area contributed by atoms with Gasteiger partial charge in [-0.2, -0.15) is 0 Å². The van der Waals surface area contributed by atoms with Crippen molar-refractivity contribution in [3.05, 3.63) is 72.9 Å². The first-order valence-corrected chi connectivity index (χ1v) is 6.12. The van der Waals surface area contributed by atoms with Crippen LogP contribution in [0, 0.1) is 0 Å². The third-order valence-electron chi connectivity index (χ3n) is 3.23. The summed E-state index contributed by atoms with van der Waals surface area (Å²) in [4.78, 5) is 0. The average molecular weight is 233 g/mol. The highest BCUT2D eigenvalue weighted by Gasteiger charge is 1.96. The number of fused-ring (bicyclic) bond motifs is 3.